The predicted octanol–water partition coefficient (Wildman–Crippen LogP) is 1.17. The predicted molar refractivity (Wildman–Crippen MR) is 69.7 cm³/mol. The highest BCUT2D eigenvalue weighted by Gasteiger charge is 2.14. The molecule has 0 amide bonds. The molecule has 0 saturated carbocycles. The summed E-state index contributed by atoms with van der Waals surface area (Å²) in [4.78, 5) is 4.36. The van der Waals surface area contributed by atoms with Crippen LogP contribution in [0.25, 0.3) is 12.2 Å². The first kappa shape index (κ1) is 9.28. The number of fused-ring (bicyclic) bond motifs is 3. The zero-order valence-electron chi connectivity index (χ0n) is 9.51. The van der Waals surface area contributed by atoms with Crippen molar-refractivity contribution in [3.8, 4) is 0 Å². The fraction of sp³-hybridized carbons (Fsp3) is 0.143. The van der Waals surface area contributed by atoms with Crippen molar-refractivity contribution >= 4 is 23.5 Å². The highest BCUT2D eigenvalue weighted by molar-refractivity contribution is 5.80. The second-order valence-corrected chi connectivity index (χ2v) is 4.18. The van der Waals surface area contributed by atoms with Gasteiger partial charge in [0.2, 0.25) is 0 Å². The first-order valence-corrected chi connectivity index (χ1v) is 5.43. The van der Waals surface area contributed by atoms with Crippen LogP contribution in [0.15, 0.2) is 36.7 Å². The molecule has 0 spiro atoms. The summed E-state index contributed by atoms with van der Waals surface area (Å²) in [5.41, 5.74) is 2.56. The molecule has 0 radical (unpaired) electrons. The van der Waals surface area contributed by atoms with Crippen LogP contribution in [0, 0.1) is 0 Å². The smallest absolute Gasteiger partial charge is 0.0724 e. The second kappa shape index (κ2) is 3.27. The van der Waals surface area contributed by atoms with Gasteiger partial charge in [-0.1, -0.05) is 24.3 Å². The molecule has 0 unspecified atom stereocenters. The van der Waals surface area contributed by atoms with Crippen LogP contribution in [0.2, 0.25) is 0 Å². The fourth-order valence-electron chi connectivity index (χ4n) is 2.32. The lowest BCUT2D eigenvalue weighted by atomic mass is 10.1. The van der Waals surface area contributed by atoms with E-state index in [4.69, 9.17) is 0 Å². The minimum Gasteiger partial charge on any atom is -0.349 e. The van der Waals surface area contributed by atoms with Gasteiger partial charge in [0, 0.05) is 36.9 Å². The number of benzene rings is 1. The lowest BCUT2D eigenvalue weighted by molar-refractivity contribution is 1.11. The third-order valence-electron chi connectivity index (χ3n) is 3.09. The Morgan fingerprint density at radius 1 is 0.750 bits per heavy atom. The van der Waals surface area contributed by atoms with Gasteiger partial charge in [-0.15, -0.1) is 0 Å². The van der Waals surface area contributed by atoms with Crippen LogP contribution in [0.5, 0.6) is 0 Å². The highest BCUT2D eigenvalue weighted by Crippen LogP contribution is 2.23. The molecular weight excluding hydrogens is 196 g/mol. The first-order chi connectivity index (χ1) is 7.77. The summed E-state index contributed by atoms with van der Waals surface area (Å²) in [6, 6.07) is 4.36. The van der Waals surface area contributed by atoms with Crippen molar-refractivity contribution in [1.29, 1.82) is 0 Å². The van der Waals surface area contributed by atoms with Gasteiger partial charge in [0.1, 0.15) is 0 Å². The van der Waals surface area contributed by atoms with Crippen molar-refractivity contribution in [2.24, 2.45) is 0 Å². The molecule has 0 saturated heterocycles. The quantitative estimate of drug-likeness (QED) is 0.634. The van der Waals surface area contributed by atoms with E-state index in [0.29, 0.717) is 0 Å². The van der Waals surface area contributed by atoms with Crippen molar-refractivity contribution in [2.45, 2.75) is 0 Å². The number of allylic oxidation sites excluding steroid dienone is 2. The first-order valence-electron chi connectivity index (χ1n) is 5.43. The standard InChI is InChI=1S/C14H14N2/c1-15-9-3-5-11-7-8-12-6-4-10-16(2)14(12)13(11)15/h3-10H,1-2H3. The summed E-state index contributed by atoms with van der Waals surface area (Å²) < 4.78 is 0. The molecule has 80 valence electrons. The normalized spacial score (nSPS) is 16.4. The molecule has 0 atom stereocenters. The maximum absolute atomic E-state index is 2.18. The van der Waals surface area contributed by atoms with Crippen molar-refractivity contribution in [3.05, 3.63) is 47.1 Å². The summed E-state index contributed by atoms with van der Waals surface area (Å²) in [5.74, 6) is 0. The van der Waals surface area contributed by atoms with E-state index >= 15 is 0 Å². The van der Waals surface area contributed by atoms with E-state index in [0.717, 1.165) is 0 Å². The number of anilines is 2. The van der Waals surface area contributed by atoms with E-state index in [9.17, 15) is 0 Å². The molecule has 2 heteroatoms. The average Bonchev–Trinajstić information content (AvgIpc) is 2.29. The number of hydrogen-bond acceptors (Lipinski definition) is 2. The zero-order valence-corrected chi connectivity index (χ0v) is 9.51. The van der Waals surface area contributed by atoms with Crippen LogP contribution in [0.3, 0.4) is 0 Å². The Morgan fingerprint density at radius 3 is 1.62 bits per heavy atom. The van der Waals surface area contributed by atoms with E-state index < -0.39 is 0 Å². The number of hydrogen-bond donors (Lipinski definition) is 0. The monoisotopic (exact) mass is 210 g/mol. The number of nitrogens with zero attached hydrogens (tertiary/aromatic N) is 2. The van der Waals surface area contributed by atoms with Crippen LogP contribution in [0.1, 0.15) is 0 Å². The summed E-state index contributed by atoms with van der Waals surface area (Å²) in [5, 5.41) is 2.55. The van der Waals surface area contributed by atoms with E-state index in [1.165, 1.54) is 21.8 Å². The Hall–Kier alpha value is -1.96. The van der Waals surface area contributed by atoms with Crippen LogP contribution in [-0.2, 0) is 0 Å². The molecular formula is C14H14N2. The lowest BCUT2D eigenvalue weighted by Crippen LogP contribution is -2.30. The molecule has 2 aliphatic rings. The van der Waals surface area contributed by atoms with Gasteiger partial charge in [-0.25, -0.2) is 0 Å². The number of rotatable bonds is 0. The summed E-state index contributed by atoms with van der Waals surface area (Å²) in [7, 11) is 4.18. The van der Waals surface area contributed by atoms with Crippen LogP contribution in [-0.4, -0.2) is 14.1 Å². The largest absolute Gasteiger partial charge is 0.349 e. The molecule has 1 aromatic rings. The lowest BCUT2D eigenvalue weighted by Gasteiger charge is -2.27. The van der Waals surface area contributed by atoms with Gasteiger partial charge >= 0.3 is 0 Å². The van der Waals surface area contributed by atoms with Gasteiger partial charge in [-0.3, -0.25) is 0 Å². The van der Waals surface area contributed by atoms with Crippen molar-refractivity contribution in [1.82, 2.24) is 0 Å². The SMILES string of the molecule is CN1C=CC=c2ccc3c(c21)N(C)C=CC=3. The molecule has 0 bridgehead atoms. The van der Waals surface area contributed by atoms with Crippen molar-refractivity contribution in [3.63, 3.8) is 0 Å². The van der Waals surface area contributed by atoms with Crippen molar-refractivity contribution < 1.29 is 0 Å². The van der Waals surface area contributed by atoms with Gasteiger partial charge < -0.3 is 9.80 Å². The fourth-order valence-corrected chi connectivity index (χ4v) is 2.32. The van der Waals surface area contributed by atoms with E-state index in [1.807, 2.05) is 0 Å². The van der Waals surface area contributed by atoms with Gasteiger partial charge in [0.25, 0.3) is 0 Å². The molecule has 2 nitrogen and oxygen atoms in total. The summed E-state index contributed by atoms with van der Waals surface area (Å²) >= 11 is 0. The minimum absolute atomic E-state index is 1.28. The molecule has 0 aromatic heterocycles. The van der Waals surface area contributed by atoms with Gasteiger partial charge in [-0.2, -0.15) is 0 Å². The molecule has 0 fully saturated rings. The molecule has 3 rings (SSSR count). The molecule has 0 aliphatic carbocycles. The van der Waals surface area contributed by atoms with E-state index in [2.05, 4.69) is 72.7 Å². The van der Waals surface area contributed by atoms with Gasteiger partial charge in [0.15, 0.2) is 0 Å². The Bertz CT molecular complexity index is 553. The molecule has 16 heavy (non-hydrogen) atoms. The Kier molecular flexibility index (Phi) is 1.90. The second-order valence-electron chi connectivity index (χ2n) is 4.18. The zero-order chi connectivity index (χ0) is 11.1. The minimum atomic E-state index is 1.28. The maximum Gasteiger partial charge on any atom is 0.0724 e. The molecule has 2 aliphatic heterocycles. The van der Waals surface area contributed by atoms with Crippen LogP contribution < -0.4 is 20.2 Å². The summed E-state index contributed by atoms with van der Waals surface area (Å²) in [6.07, 6.45) is 12.7. The molecule has 2 heterocycles. The third kappa shape index (κ3) is 1.20. The van der Waals surface area contributed by atoms with Crippen molar-refractivity contribution in [2.75, 3.05) is 23.9 Å². The van der Waals surface area contributed by atoms with Crippen LogP contribution in [0.4, 0.5) is 11.4 Å². The maximum atomic E-state index is 2.18. The highest BCUT2D eigenvalue weighted by atomic mass is 15.2. The third-order valence-corrected chi connectivity index (χ3v) is 3.09. The topological polar surface area (TPSA) is 6.48 Å². The van der Waals surface area contributed by atoms with Crippen LogP contribution >= 0.6 is 0 Å². The average molecular weight is 210 g/mol. The Morgan fingerprint density at radius 2 is 1.19 bits per heavy atom. The van der Waals surface area contributed by atoms with E-state index in [-0.39, 0.29) is 0 Å². The Labute approximate surface area is 95.1 Å². The van der Waals surface area contributed by atoms with Gasteiger partial charge in [-0.05, 0) is 12.2 Å². The Balaban J connectivity index is 2.41. The summed E-state index contributed by atoms with van der Waals surface area (Å²) in [6.45, 7) is 0. The molecule has 0 N–H and O–H groups in total. The van der Waals surface area contributed by atoms with Gasteiger partial charge in [0.05, 0.1) is 11.4 Å². The molecule has 1 aromatic carbocycles. The van der Waals surface area contributed by atoms with E-state index in [1.54, 1.807) is 0 Å².